The van der Waals surface area contributed by atoms with Crippen LogP contribution in [0.5, 0.6) is 29.3 Å². The van der Waals surface area contributed by atoms with Gasteiger partial charge in [-0.25, -0.2) is 4.98 Å². The van der Waals surface area contributed by atoms with Crippen molar-refractivity contribution in [2.24, 2.45) is 5.73 Å². The van der Waals surface area contributed by atoms with Crippen molar-refractivity contribution in [2.75, 3.05) is 31.8 Å². The number of amides is 2. The molecule has 40 heavy (non-hydrogen) atoms. The normalized spacial score (nSPS) is 12.1. The van der Waals surface area contributed by atoms with Gasteiger partial charge in [0.05, 0.1) is 12.1 Å². The third kappa shape index (κ3) is 5.60. The Labute approximate surface area is 227 Å². The SMILES string of the molecule is CN(C)C(=O)Cc1cc(Oc2nc(Oc3cc(C(=N)N)ccc3N)nc3c2NC(=O)CO3)cc(-c2ncc[nH]2)c1. The van der Waals surface area contributed by atoms with E-state index in [4.69, 9.17) is 31.1 Å². The molecule has 7 N–H and O–H groups in total. The van der Waals surface area contributed by atoms with Crippen LogP contribution in [0.4, 0.5) is 11.4 Å². The third-order valence-electron chi connectivity index (χ3n) is 5.76. The molecule has 1 aliphatic heterocycles. The zero-order valence-electron chi connectivity index (χ0n) is 21.5. The van der Waals surface area contributed by atoms with Crippen LogP contribution < -0.4 is 31.0 Å². The van der Waals surface area contributed by atoms with Gasteiger partial charge in [0, 0.05) is 37.6 Å². The second kappa shape index (κ2) is 10.6. The predicted molar refractivity (Wildman–Crippen MR) is 145 cm³/mol. The maximum atomic E-state index is 12.4. The zero-order valence-corrected chi connectivity index (χ0v) is 21.5. The van der Waals surface area contributed by atoms with Gasteiger partial charge in [0.15, 0.2) is 18.0 Å². The maximum Gasteiger partial charge on any atom is 0.328 e. The average Bonchev–Trinajstić information content (AvgIpc) is 3.45. The number of carbonyl (C=O) groups is 2. The fourth-order valence-corrected chi connectivity index (χ4v) is 3.76. The largest absolute Gasteiger partial charge is 0.466 e. The number of nitrogens with zero attached hydrogens (tertiary/aromatic N) is 4. The maximum absolute atomic E-state index is 12.4. The number of hydrogen-bond donors (Lipinski definition) is 5. The van der Waals surface area contributed by atoms with Crippen molar-refractivity contribution in [1.82, 2.24) is 24.8 Å². The van der Waals surface area contributed by atoms with Crippen molar-refractivity contribution >= 4 is 29.0 Å². The molecule has 2 amide bonds. The monoisotopic (exact) mass is 543 g/mol. The number of H-pyrrole nitrogens is 1. The van der Waals surface area contributed by atoms with Crippen LogP contribution in [0.15, 0.2) is 48.8 Å². The fraction of sp³-hybridized carbons (Fsp3) is 0.154. The Morgan fingerprint density at radius 1 is 1.18 bits per heavy atom. The second-order valence-electron chi connectivity index (χ2n) is 8.97. The molecule has 14 nitrogen and oxygen atoms in total. The van der Waals surface area contributed by atoms with Crippen molar-refractivity contribution in [3.05, 3.63) is 59.9 Å². The molecule has 0 fully saturated rings. The summed E-state index contributed by atoms with van der Waals surface area (Å²) in [5, 5.41) is 10.3. The van der Waals surface area contributed by atoms with E-state index in [2.05, 4.69) is 25.3 Å². The zero-order chi connectivity index (χ0) is 28.4. The van der Waals surface area contributed by atoms with E-state index in [1.54, 1.807) is 44.7 Å². The third-order valence-corrected chi connectivity index (χ3v) is 5.76. The van der Waals surface area contributed by atoms with Gasteiger partial charge in [0.25, 0.3) is 11.8 Å². The van der Waals surface area contributed by atoms with Crippen LogP contribution in [-0.2, 0) is 16.0 Å². The van der Waals surface area contributed by atoms with Crippen LogP contribution >= 0.6 is 0 Å². The molecule has 3 heterocycles. The molecule has 2 aromatic heterocycles. The lowest BCUT2D eigenvalue weighted by atomic mass is 10.1. The molecule has 0 spiro atoms. The summed E-state index contributed by atoms with van der Waals surface area (Å²) >= 11 is 0. The number of carbonyl (C=O) groups excluding carboxylic acids is 2. The average molecular weight is 544 g/mol. The summed E-state index contributed by atoms with van der Waals surface area (Å²) in [5.41, 5.74) is 13.7. The van der Waals surface area contributed by atoms with Gasteiger partial charge in [0.2, 0.25) is 11.8 Å². The first kappa shape index (κ1) is 26.0. The van der Waals surface area contributed by atoms with Gasteiger partial charge in [-0.1, -0.05) is 0 Å². The number of ether oxygens (including phenoxy) is 3. The van der Waals surface area contributed by atoms with E-state index in [-0.39, 0.29) is 59.7 Å². The molecule has 4 aromatic rings. The number of hydrogen-bond acceptors (Lipinski definition) is 10. The summed E-state index contributed by atoms with van der Waals surface area (Å²) in [6.07, 6.45) is 3.40. The molecular formula is C26H25N9O5. The van der Waals surface area contributed by atoms with Crippen molar-refractivity contribution < 1.29 is 23.8 Å². The van der Waals surface area contributed by atoms with E-state index in [1.165, 1.54) is 17.0 Å². The summed E-state index contributed by atoms with van der Waals surface area (Å²) in [6.45, 7) is -0.268. The Kier molecular flexibility index (Phi) is 6.88. The summed E-state index contributed by atoms with van der Waals surface area (Å²) in [7, 11) is 3.35. The first-order valence-corrected chi connectivity index (χ1v) is 11.9. The van der Waals surface area contributed by atoms with Gasteiger partial charge in [0.1, 0.15) is 17.4 Å². The van der Waals surface area contributed by atoms with Gasteiger partial charge in [-0.2, -0.15) is 9.97 Å². The summed E-state index contributed by atoms with van der Waals surface area (Å²) in [4.78, 5) is 42.0. The minimum absolute atomic E-state index is 0.0195. The highest BCUT2D eigenvalue weighted by Crippen LogP contribution is 2.40. The van der Waals surface area contributed by atoms with E-state index in [1.807, 2.05) is 6.07 Å². The van der Waals surface area contributed by atoms with E-state index in [0.29, 0.717) is 28.3 Å². The Morgan fingerprint density at radius 2 is 2.00 bits per heavy atom. The number of fused-ring (bicyclic) bond motifs is 1. The highest BCUT2D eigenvalue weighted by molar-refractivity contribution is 5.97. The topological polar surface area (TPSA) is 207 Å². The Bertz CT molecular complexity index is 1620. The summed E-state index contributed by atoms with van der Waals surface area (Å²) in [5.74, 6) is 0.268. The number of imidazole rings is 1. The second-order valence-corrected chi connectivity index (χ2v) is 8.97. The molecule has 0 aliphatic carbocycles. The molecule has 1 aliphatic rings. The summed E-state index contributed by atoms with van der Waals surface area (Å²) in [6, 6.07) is 9.62. The molecule has 2 aromatic carbocycles. The molecule has 0 bridgehead atoms. The van der Waals surface area contributed by atoms with Crippen LogP contribution in [0, 0.1) is 5.41 Å². The van der Waals surface area contributed by atoms with Crippen molar-refractivity contribution in [2.45, 2.75) is 6.42 Å². The first-order valence-electron chi connectivity index (χ1n) is 11.9. The van der Waals surface area contributed by atoms with Gasteiger partial charge >= 0.3 is 6.01 Å². The van der Waals surface area contributed by atoms with Gasteiger partial charge < -0.3 is 40.9 Å². The van der Waals surface area contributed by atoms with E-state index in [0.717, 1.165) is 0 Å². The molecule has 5 rings (SSSR count). The van der Waals surface area contributed by atoms with Crippen molar-refractivity contribution in [3.8, 4) is 40.7 Å². The number of nitrogens with two attached hydrogens (primary N) is 2. The highest BCUT2D eigenvalue weighted by Gasteiger charge is 2.26. The number of rotatable bonds is 8. The lowest BCUT2D eigenvalue weighted by Gasteiger charge is -2.20. The van der Waals surface area contributed by atoms with Crippen LogP contribution in [0.25, 0.3) is 11.4 Å². The summed E-state index contributed by atoms with van der Waals surface area (Å²) < 4.78 is 17.5. The quantitative estimate of drug-likeness (QED) is 0.124. The van der Waals surface area contributed by atoms with Gasteiger partial charge in [-0.3, -0.25) is 15.0 Å². The minimum atomic E-state index is -0.422. The van der Waals surface area contributed by atoms with Crippen LogP contribution in [0.3, 0.4) is 0 Å². The van der Waals surface area contributed by atoms with E-state index in [9.17, 15) is 9.59 Å². The number of amidine groups is 1. The predicted octanol–water partition coefficient (Wildman–Crippen LogP) is 2.28. The standard InChI is InChI=1S/C26H25N9O5/c1-35(2)20(37)9-13-7-15(23-30-5-6-31-23)10-16(8-13)39-25-21-24(38-12-19(36)32-21)33-26(34-25)40-18-11-14(22(28)29)3-4-17(18)27/h3-8,10-11H,9,12,27H2,1-2H3,(H3,28,29)(H,30,31)(H,32,36). The molecule has 0 radical (unpaired) electrons. The number of anilines is 2. The molecular weight excluding hydrogens is 518 g/mol. The fourth-order valence-electron chi connectivity index (χ4n) is 3.76. The van der Waals surface area contributed by atoms with Gasteiger partial charge in [-0.15, -0.1) is 0 Å². The number of benzene rings is 2. The van der Waals surface area contributed by atoms with Crippen molar-refractivity contribution in [3.63, 3.8) is 0 Å². The molecule has 14 heteroatoms. The van der Waals surface area contributed by atoms with E-state index < -0.39 is 5.91 Å². The smallest absolute Gasteiger partial charge is 0.328 e. The van der Waals surface area contributed by atoms with Crippen molar-refractivity contribution in [1.29, 1.82) is 5.41 Å². The van der Waals surface area contributed by atoms with Crippen LogP contribution in [0.2, 0.25) is 0 Å². The Balaban J connectivity index is 1.55. The highest BCUT2D eigenvalue weighted by atomic mass is 16.5. The molecule has 0 saturated carbocycles. The lowest BCUT2D eigenvalue weighted by Crippen LogP contribution is -2.26. The van der Waals surface area contributed by atoms with Gasteiger partial charge in [-0.05, 0) is 42.0 Å². The molecule has 0 atom stereocenters. The number of aromatic amines is 1. The minimum Gasteiger partial charge on any atom is -0.466 e. The molecule has 204 valence electrons. The number of nitrogen functional groups attached to an aromatic ring is 2. The molecule has 0 unspecified atom stereocenters. The lowest BCUT2D eigenvalue weighted by molar-refractivity contribution is -0.128. The Hall–Kier alpha value is -5.66. The first-order chi connectivity index (χ1) is 19.2. The number of likely N-dealkylation sites (N-methyl/N-ethyl adjacent to an activating group) is 1. The van der Waals surface area contributed by atoms with E-state index >= 15 is 0 Å². The number of aromatic nitrogens is 4. The van der Waals surface area contributed by atoms with Crippen LogP contribution in [0.1, 0.15) is 11.1 Å². The Morgan fingerprint density at radius 3 is 2.73 bits per heavy atom. The van der Waals surface area contributed by atoms with Crippen LogP contribution in [-0.4, -0.2) is 63.2 Å². The number of nitrogens with one attached hydrogen (secondary N) is 3. The molecule has 0 saturated heterocycles.